The maximum Gasteiger partial charge on any atom is 0.123 e. The Balaban J connectivity index is 2.27. The van der Waals surface area contributed by atoms with Crippen molar-refractivity contribution in [2.24, 2.45) is 0 Å². The number of hydrogen-bond acceptors (Lipinski definition) is 2. The van der Waals surface area contributed by atoms with Gasteiger partial charge in [-0.2, -0.15) is 0 Å². The van der Waals surface area contributed by atoms with Gasteiger partial charge in [0.2, 0.25) is 0 Å². The average molecular weight is 319 g/mol. The van der Waals surface area contributed by atoms with Gasteiger partial charge in [0.05, 0.1) is 13.2 Å². The third-order valence-electron chi connectivity index (χ3n) is 2.80. The van der Waals surface area contributed by atoms with E-state index in [0.717, 1.165) is 24.8 Å². The number of benzene rings is 1. The molecule has 1 rings (SSSR count). The van der Waals surface area contributed by atoms with Crippen LogP contribution in [0.15, 0.2) is 24.3 Å². The molecule has 1 unspecified atom stereocenters. The summed E-state index contributed by atoms with van der Waals surface area (Å²) in [6.45, 7) is 2.03. The lowest BCUT2D eigenvalue weighted by Crippen LogP contribution is -2.06. The molecule has 0 fully saturated rings. The molecule has 0 aliphatic carbocycles. The van der Waals surface area contributed by atoms with Gasteiger partial charge in [0.15, 0.2) is 0 Å². The maximum atomic E-state index is 12.8. The predicted octanol–water partition coefficient (Wildman–Crippen LogP) is 3.75. The van der Waals surface area contributed by atoms with E-state index in [1.165, 1.54) is 17.7 Å². The molecule has 0 saturated carbocycles. The molecule has 0 bridgehead atoms. The van der Waals surface area contributed by atoms with Gasteiger partial charge in [-0.25, -0.2) is 4.39 Å². The quantitative estimate of drug-likeness (QED) is 0.510. The maximum absolute atomic E-state index is 12.8. The Hall–Kier alpha value is -0.450. The van der Waals surface area contributed by atoms with Gasteiger partial charge in [-0.3, -0.25) is 0 Å². The molecule has 0 heterocycles. The lowest BCUT2D eigenvalue weighted by Gasteiger charge is -2.14. The van der Waals surface area contributed by atoms with Crippen molar-refractivity contribution < 1.29 is 13.9 Å². The van der Waals surface area contributed by atoms with Gasteiger partial charge in [-0.05, 0) is 36.5 Å². The van der Waals surface area contributed by atoms with Crippen molar-refractivity contribution in [2.75, 3.05) is 32.3 Å². The Morgan fingerprint density at radius 2 is 1.89 bits per heavy atom. The molecular weight excluding hydrogens is 299 g/mol. The second-order valence-electron chi connectivity index (χ2n) is 4.15. The standard InChI is InChI=1S/C14H20BrFO2/c1-17-9-10-18-8-2-3-13(11-15)12-4-6-14(16)7-5-12/h4-7,13H,2-3,8-11H2,1H3. The molecule has 1 aromatic rings. The van der Waals surface area contributed by atoms with E-state index < -0.39 is 0 Å². The van der Waals surface area contributed by atoms with Crippen LogP contribution in [0, 0.1) is 5.82 Å². The van der Waals surface area contributed by atoms with Crippen LogP contribution in [0.1, 0.15) is 24.3 Å². The number of ether oxygens (including phenoxy) is 2. The first kappa shape index (κ1) is 15.6. The van der Waals surface area contributed by atoms with Crippen molar-refractivity contribution in [3.8, 4) is 0 Å². The van der Waals surface area contributed by atoms with Crippen LogP contribution < -0.4 is 0 Å². The van der Waals surface area contributed by atoms with E-state index >= 15 is 0 Å². The zero-order valence-electron chi connectivity index (χ0n) is 10.7. The van der Waals surface area contributed by atoms with E-state index in [-0.39, 0.29) is 5.82 Å². The van der Waals surface area contributed by atoms with Gasteiger partial charge in [0, 0.05) is 19.0 Å². The second-order valence-corrected chi connectivity index (χ2v) is 4.80. The Kier molecular flexibility index (Phi) is 8.22. The molecule has 0 aliphatic heterocycles. The summed E-state index contributed by atoms with van der Waals surface area (Å²) in [5.74, 6) is 0.228. The summed E-state index contributed by atoms with van der Waals surface area (Å²) >= 11 is 3.51. The average Bonchev–Trinajstić information content (AvgIpc) is 2.39. The molecule has 4 heteroatoms. The minimum atomic E-state index is -0.185. The van der Waals surface area contributed by atoms with Gasteiger partial charge in [0.25, 0.3) is 0 Å². The van der Waals surface area contributed by atoms with Gasteiger partial charge < -0.3 is 9.47 Å². The SMILES string of the molecule is COCCOCCCC(CBr)c1ccc(F)cc1. The molecule has 18 heavy (non-hydrogen) atoms. The van der Waals surface area contributed by atoms with E-state index in [9.17, 15) is 4.39 Å². The van der Waals surface area contributed by atoms with Crippen LogP contribution in [-0.4, -0.2) is 32.3 Å². The van der Waals surface area contributed by atoms with Crippen molar-refractivity contribution in [1.29, 1.82) is 0 Å². The summed E-state index contributed by atoms with van der Waals surface area (Å²) < 4.78 is 23.2. The highest BCUT2D eigenvalue weighted by molar-refractivity contribution is 9.09. The van der Waals surface area contributed by atoms with Crippen molar-refractivity contribution in [2.45, 2.75) is 18.8 Å². The van der Waals surface area contributed by atoms with Crippen LogP contribution >= 0.6 is 15.9 Å². The first-order valence-corrected chi connectivity index (χ1v) is 7.28. The van der Waals surface area contributed by atoms with Crippen LogP contribution in [0.2, 0.25) is 0 Å². The van der Waals surface area contributed by atoms with Crippen LogP contribution in [0.3, 0.4) is 0 Å². The molecule has 102 valence electrons. The normalized spacial score (nSPS) is 12.6. The molecule has 2 nitrogen and oxygen atoms in total. The molecule has 1 atom stereocenters. The fraction of sp³-hybridized carbons (Fsp3) is 0.571. The third-order valence-corrected chi connectivity index (χ3v) is 3.58. The molecule has 0 N–H and O–H groups in total. The third kappa shape index (κ3) is 5.94. The zero-order valence-corrected chi connectivity index (χ0v) is 12.3. The highest BCUT2D eigenvalue weighted by Crippen LogP contribution is 2.23. The summed E-state index contributed by atoms with van der Waals surface area (Å²) in [5, 5.41) is 0.886. The van der Waals surface area contributed by atoms with Crippen LogP contribution in [0.4, 0.5) is 4.39 Å². The molecule has 0 saturated heterocycles. The summed E-state index contributed by atoms with van der Waals surface area (Å²) in [5.41, 5.74) is 1.17. The van der Waals surface area contributed by atoms with Gasteiger partial charge in [-0.1, -0.05) is 28.1 Å². The molecule has 0 spiro atoms. The first-order valence-electron chi connectivity index (χ1n) is 6.16. The predicted molar refractivity (Wildman–Crippen MR) is 74.9 cm³/mol. The van der Waals surface area contributed by atoms with E-state index in [2.05, 4.69) is 15.9 Å². The Morgan fingerprint density at radius 1 is 1.17 bits per heavy atom. The Labute approximate surface area is 117 Å². The lowest BCUT2D eigenvalue weighted by atomic mass is 9.96. The van der Waals surface area contributed by atoms with Gasteiger partial charge in [-0.15, -0.1) is 0 Å². The zero-order chi connectivity index (χ0) is 13.2. The molecule has 0 radical (unpaired) electrons. The highest BCUT2D eigenvalue weighted by atomic mass is 79.9. The molecule has 0 aromatic heterocycles. The number of hydrogen-bond donors (Lipinski definition) is 0. The monoisotopic (exact) mass is 318 g/mol. The minimum absolute atomic E-state index is 0.185. The Bertz CT molecular complexity index is 316. The van der Waals surface area contributed by atoms with Crippen LogP contribution in [0.25, 0.3) is 0 Å². The topological polar surface area (TPSA) is 18.5 Å². The van der Waals surface area contributed by atoms with Crippen molar-refractivity contribution in [3.05, 3.63) is 35.6 Å². The summed E-state index contributed by atoms with van der Waals surface area (Å²) in [7, 11) is 1.67. The number of rotatable bonds is 9. The smallest absolute Gasteiger partial charge is 0.123 e. The number of halogens is 2. The summed E-state index contributed by atoms with van der Waals surface area (Å²) in [6, 6.07) is 6.74. The van der Waals surface area contributed by atoms with Crippen LogP contribution in [-0.2, 0) is 9.47 Å². The molecular formula is C14H20BrFO2. The van der Waals surface area contributed by atoms with E-state index in [1.807, 2.05) is 12.1 Å². The van der Waals surface area contributed by atoms with Crippen molar-refractivity contribution in [3.63, 3.8) is 0 Å². The lowest BCUT2D eigenvalue weighted by molar-refractivity contribution is 0.0683. The highest BCUT2D eigenvalue weighted by Gasteiger charge is 2.09. The largest absolute Gasteiger partial charge is 0.382 e. The second kappa shape index (κ2) is 9.48. The first-order chi connectivity index (χ1) is 8.77. The number of alkyl halides is 1. The van der Waals surface area contributed by atoms with Crippen LogP contribution in [0.5, 0.6) is 0 Å². The minimum Gasteiger partial charge on any atom is -0.382 e. The van der Waals surface area contributed by atoms with Gasteiger partial charge in [0.1, 0.15) is 5.82 Å². The van der Waals surface area contributed by atoms with Crippen molar-refractivity contribution in [1.82, 2.24) is 0 Å². The van der Waals surface area contributed by atoms with E-state index in [4.69, 9.17) is 9.47 Å². The van der Waals surface area contributed by atoms with Gasteiger partial charge >= 0.3 is 0 Å². The summed E-state index contributed by atoms with van der Waals surface area (Å²) in [4.78, 5) is 0. The molecule has 0 amide bonds. The molecule has 1 aromatic carbocycles. The Morgan fingerprint density at radius 3 is 2.50 bits per heavy atom. The van der Waals surface area contributed by atoms with Crippen molar-refractivity contribution >= 4 is 15.9 Å². The summed E-state index contributed by atoms with van der Waals surface area (Å²) in [6.07, 6.45) is 2.03. The molecule has 0 aliphatic rings. The fourth-order valence-corrected chi connectivity index (χ4v) is 2.44. The van der Waals surface area contributed by atoms with E-state index in [0.29, 0.717) is 19.1 Å². The van der Waals surface area contributed by atoms with E-state index in [1.54, 1.807) is 7.11 Å². The fourth-order valence-electron chi connectivity index (χ4n) is 1.74. The number of methoxy groups -OCH3 is 1.